The lowest BCUT2D eigenvalue weighted by Crippen LogP contribution is -2.49. The highest BCUT2D eigenvalue weighted by atomic mass is 19.4. The molecule has 2 atom stereocenters. The number of rotatable bonds is 4. The van der Waals surface area contributed by atoms with Crippen LogP contribution in [-0.4, -0.2) is 30.6 Å². The summed E-state index contributed by atoms with van der Waals surface area (Å²) in [7, 11) is 1.95. The molecule has 2 rings (SSSR count). The van der Waals surface area contributed by atoms with E-state index in [1.54, 1.807) is 12.1 Å². The van der Waals surface area contributed by atoms with Crippen molar-refractivity contribution in [2.45, 2.75) is 51.0 Å². The second-order valence-corrected chi connectivity index (χ2v) is 5.81. The molecule has 21 heavy (non-hydrogen) atoms. The molecule has 0 aromatic heterocycles. The zero-order valence-corrected chi connectivity index (χ0v) is 12.6. The van der Waals surface area contributed by atoms with Gasteiger partial charge in [-0.3, -0.25) is 4.90 Å². The van der Waals surface area contributed by atoms with E-state index in [0.29, 0.717) is 12.1 Å². The predicted molar refractivity (Wildman–Crippen MR) is 78.0 cm³/mol. The van der Waals surface area contributed by atoms with Crippen LogP contribution in [0.1, 0.15) is 37.3 Å². The molecule has 1 heterocycles. The van der Waals surface area contributed by atoms with Crippen LogP contribution in [0.2, 0.25) is 0 Å². The molecule has 1 aliphatic heterocycles. The summed E-state index contributed by atoms with van der Waals surface area (Å²) < 4.78 is 37.7. The molecule has 2 nitrogen and oxygen atoms in total. The van der Waals surface area contributed by atoms with Crippen molar-refractivity contribution in [3.05, 3.63) is 35.4 Å². The summed E-state index contributed by atoms with van der Waals surface area (Å²) in [6.45, 7) is 3.89. The largest absolute Gasteiger partial charge is 0.416 e. The average Bonchev–Trinajstić information content (AvgIpc) is 2.46. The quantitative estimate of drug-likeness (QED) is 0.913. The van der Waals surface area contributed by atoms with Crippen LogP contribution in [0.5, 0.6) is 0 Å². The van der Waals surface area contributed by atoms with Gasteiger partial charge in [0.1, 0.15) is 0 Å². The van der Waals surface area contributed by atoms with Crippen LogP contribution < -0.4 is 5.32 Å². The highest BCUT2D eigenvalue weighted by Gasteiger charge is 2.30. The Morgan fingerprint density at radius 1 is 1.24 bits per heavy atom. The van der Waals surface area contributed by atoms with E-state index in [2.05, 4.69) is 17.1 Å². The van der Waals surface area contributed by atoms with Crippen molar-refractivity contribution in [2.24, 2.45) is 0 Å². The van der Waals surface area contributed by atoms with Crippen LogP contribution in [0, 0.1) is 0 Å². The number of hydrogen-bond acceptors (Lipinski definition) is 2. The van der Waals surface area contributed by atoms with Crippen molar-refractivity contribution in [1.82, 2.24) is 10.2 Å². The zero-order valence-electron chi connectivity index (χ0n) is 12.6. The van der Waals surface area contributed by atoms with Crippen molar-refractivity contribution >= 4 is 0 Å². The molecule has 0 radical (unpaired) electrons. The van der Waals surface area contributed by atoms with E-state index in [-0.39, 0.29) is 0 Å². The number of nitrogens with one attached hydrogen (secondary N) is 1. The maximum absolute atomic E-state index is 12.6. The van der Waals surface area contributed by atoms with Crippen molar-refractivity contribution in [1.29, 1.82) is 0 Å². The van der Waals surface area contributed by atoms with Crippen molar-refractivity contribution in [3.8, 4) is 0 Å². The van der Waals surface area contributed by atoms with E-state index in [0.717, 1.165) is 31.5 Å². The Bertz CT molecular complexity index is 442. The monoisotopic (exact) mass is 300 g/mol. The van der Waals surface area contributed by atoms with Gasteiger partial charge in [-0.25, -0.2) is 0 Å². The third-order valence-corrected chi connectivity index (χ3v) is 4.36. The van der Waals surface area contributed by atoms with E-state index in [1.165, 1.54) is 18.6 Å². The van der Waals surface area contributed by atoms with Crippen LogP contribution in [0.3, 0.4) is 0 Å². The van der Waals surface area contributed by atoms with Crippen molar-refractivity contribution in [2.75, 3.05) is 13.6 Å². The Hall–Kier alpha value is -1.07. The maximum Gasteiger partial charge on any atom is 0.416 e. The standard InChI is InChI=1S/C16H23F3N2/c1-12(20-2)15-5-3-4-10-21(15)11-13-6-8-14(9-7-13)16(17,18)19/h6-9,12,15,20H,3-5,10-11H2,1-2H3. The molecular weight excluding hydrogens is 277 g/mol. The number of nitrogens with zero attached hydrogens (tertiary/aromatic N) is 1. The van der Waals surface area contributed by atoms with Gasteiger partial charge in [0.25, 0.3) is 0 Å². The minimum Gasteiger partial charge on any atom is -0.316 e. The number of hydrogen-bond donors (Lipinski definition) is 1. The molecule has 0 saturated carbocycles. The van der Waals surface area contributed by atoms with E-state index < -0.39 is 11.7 Å². The highest BCUT2D eigenvalue weighted by molar-refractivity contribution is 5.24. The number of benzene rings is 1. The minimum absolute atomic E-state index is 0.389. The fraction of sp³-hybridized carbons (Fsp3) is 0.625. The fourth-order valence-electron chi connectivity index (χ4n) is 3.01. The second-order valence-electron chi connectivity index (χ2n) is 5.81. The van der Waals surface area contributed by atoms with E-state index >= 15 is 0 Å². The van der Waals surface area contributed by atoms with Gasteiger partial charge >= 0.3 is 6.18 Å². The SMILES string of the molecule is CNC(C)C1CCCCN1Cc1ccc(C(F)(F)F)cc1. The van der Waals surface area contributed by atoms with E-state index in [4.69, 9.17) is 0 Å². The first kappa shape index (κ1) is 16.3. The Morgan fingerprint density at radius 2 is 1.90 bits per heavy atom. The van der Waals surface area contributed by atoms with Gasteiger partial charge in [-0.2, -0.15) is 13.2 Å². The first-order valence-electron chi connectivity index (χ1n) is 7.49. The third kappa shape index (κ3) is 4.20. The summed E-state index contributed by atoms with van der Waals surface area (Å²) in [5, 5.41) is 3.29. The Morgan fingerprint density at radius 3 is 2.48 bits per heavy atom. The summed E-state index contributed by atoms with van der Waals surface area (Å²) in [5.41, 5.74) is 0.364. The van der Waals surface area contributed by atoms with E-state index in [1.807, 2.05) is 7.05 Å². The van der Waals surface area contributed by atoms with Gasteiger partial charge < -0.3 is 5.32 Å². The molecule has 1 fully saturated rings. The smallest absolute Gasteiger partial charge is 0.316 e. The minimum atomic E-state index is -4.26. The first-order chi connectivity index (χ1) is 9.91. The molecule has 0 amide bonds. The van der Waals surface area contributed by atoms with Gasteiger partial charge in [0.15, 0.2) is 0 Å². The molecular formula is C16H23F3N2. The summed E-state index contributed by atoms with van der Waals surface area (Å²) in [6, 6.07) is 6.38. The second kappa shape index (κ2) is 6.79. The molecule has 1 aliphatic rings. The highest BCUT2D eigenvalue weighted by Crippen LogP contribution is 2.29. The van der Waals surface area contributed by atoms with Crippen molar-refractivity contribution in [3.63, 3.8) is 0 Å². The lowest BCUT2D eigenvalue weighted by molar-refractivity contribution is -0.137. The number of halogens is 3. The van der Waals surface area contributed by atoms with Crippen LogP contribution >= 0.6 is 0 Å². The van der Waals surface area contributed by atoms with E-state index in [9.17, 15) is 13.2 Å². The molecule has 5 heteroatoms. The molecule has 118 valence electrons. The molecule has 2 unspecified atom stereocenters. The maximum atomic E-state index is 12.6. The zero-order chi connectivity index (χ0) is 15.5. The summed E-state index contributed by atoms with van der Waals surface area (Å²) in [6.07, 6.45) is -0.733. The molecule has 1 aromatic rings. The number of alkyl halides is 3. The van der Waals surface area contributed by atoms with Gasteiger partial charge in [-0.05, 0) is 51.1 Å². The lowest BCUT2D eigenvalue weighted by Gasteiger charge is -2.39. The fourth-order valence-corrected chi connectivity index (χ4v) is 3.01. The van der Waals surface area contributed by atoms with Crippen LogP contribution in [0.25, 0.3) is 0 Å². The Kier molecular flexibility index (Phi) is 5.27. The van der Waals surface area contributed by atoms with Crippen LogP contribution in [-0.2, 0) is 12.7 Å². The summed E-state index contributed by atoms with van der Waals surface area (Å²) in [4.78, 5) is 2.38. The normalized spacial score (nSPS) is 22.2. The molecule has 1 aromatic carbocycles. The Balaban J connectivity index is 2.05. The average molecular weight is 300 g/mol. The number of likely N-dealkylation sites (N-methyl/N-ethyl adjacent to an activating group) is 1. The first-order valence-corrected chi connectivity index (χ1v) is 7.49. The number of likely N-dealkylation sites (tertiary alicyclic amines) is 1. The summed E-state index contributed by atoms with van der Waals surface area (Å²) >= 11 is 0. The van der Waals surface area contributed by atoms with Gasteiger partial charge in [-0.1, -0.05) is 18.6 Å². The summed E-state index contributed by atoms with van der Waals surface area (Å²) in [5.74, 6) is 0. The van der Waals surface area contributed by atoms with Gasteiger partial charge in [0.05, 0.1) is 5.56 Å². The molecule has 0 aliphatic carbocycles. The number of piperidine rings is 1. The lowest BCUT2D eigenvalue weighted by atomic mass is 9.95. The van der Waals surface area contributed by atoms with Crippen LogP contribution in [0.15, 0.2) is 24.3 Å². The van der Waals surface area contributed by atoms with Gasteiger partial charge in [-0.15, -0.1) is 0 Å². The Labute approximate surface area is 124 Å². The van der Waals surface area contributed by atoms with Crippen molar-refractivity contribution < 1.29 is 13.2 Å². The third-order valence-electron chi connectivity index (χ3n) is 4.36. The predicted octanol–water partition coefficient (Wildman–Crippen LogP) is 3.67. The van der Waals surface area contributed by atoms with Crippen LogP contribution in [0.4, 0.5) is 13.2 Å². The molecule has 1 saturated heterocycles. The van der Waals surface area contributed by atoms with Gasteiger partial charge in [0, 0.05) is 18.6 Å². The molecule has 1 N–H and O–H groups in total. The molecule has 0 bridgehead atoms. The molecule has 0 spiro atoms. The topological polar surface area (TPSA) is 15.3 Å². The van der Waals surface area contributed by atoms with Gasteiger partial charge in [0.2, 0.25) is 0 Å².